The maximum absolute atomic E-state index is 10.6. The minimum Gasteiger partial charge on any atom is -0.497 e. The maximum Gasteiger partial charge on any atom is 0.332 e. The van der Waals surface area contributed by atoms with Gasteiger partial charge >= 0.3 is 6.03 Å². The van der Waals surface area contributed by atoms with Crippen LogP contribution in [0.15, 0.2) is 52.0 Å². The Morgan fingerprint density at radius 2 is 1.90 bits per heavy atom. The quantitative estimate of drug-likeness (QED) is 0.434. The molecule has 2 amide bonds. The molecule has 3 aromatic rings. The number of nitrogens with two attached hydrogens (primary N) is 1. The Hall–Kier alpha value is -4.01. The molecule has 3 N–H and O–H groups in total. The number of carbonyl (C=O) groups is 1. The van der Waals surface area contributed by atoms with Gasteiger partial charge in [-0.05, 0) is 55.0 Å². The first-order valence-corrected chi connectivity index (χ1v) is 9.00. The second-order valence-corrected chi connectivity index (χ2v) is 6.18. The number of benzene rings is 2. The minimum absolute atomic E-state index is 0.234. The Kier molecular flexibility index (Phi) is 6.53. The predicted molar refractivity (Wildman–Crippen MR) is 111 cm³/mol. The lowest BCUT2D eigenvalue weighted by Gasteiger charge is -2.07. The number of aryl methyl sites for hydroxylation is 1. The lowest BCUT2D eigenvalue weighted by Crippen LogP contribution is -2.24. The highest BCUT2D eigenvalue weighted by Crippen LogP contribution is 2.34. The van der Waals surface area contributed by atoms with Crippen LogP contribution in [0, 0.1) is 6.92 Å². The number of ether oxygens (including phenoxy) is 3. The number of nitrogens with one attached hydrogen (secondary N) is 1. The largest absolute Gasteiger partial charge is 0.497 e. The Bertz CT molecular complexity index is 1040. The smallest absolute Gasteiger partial charge is 0.332 e. The number of amides is 2. The van der Waals surface area contributed by atoms with Crippen LogP contribution >= 0.6 is 0 Å². The molecule has 0 unspecified atom stereocenters. The number of hydrazone groups is 1. The molecule has 0 aliphatic rings. The third-order valence-electron chi connectivity index (χ3n) is 4.17. The number of hydrogen-bond acceptors (Lipinski definition) is 7. The summed E-state index contributed by atoms with van der Waals surface area (Å²) in [4.78, 5) is 15.2. The second-order valence-electron chi connectivity index (χ2n) is 6.18. The van der Waals surface area contributed by atoms with Crippen molar-refractivity contribution in [1.29, 1.82) is 0 Å². The van der Waals surface area contributed by atoms with Gasteiger partial charge in [0.25, 0.3) is 0 Å². The summed E-state index contributed by atoms with van der Waals surface area (Å²) in [7, 11) is 3.18. The fourth-order valence-electron chi connectivity index (χ4n) is 2.63. The molecule has 0 bridgehead atoms. The van der Waals surface area contributed by atoms with Crippen LogP contribution in [0.1, 0.15) is 17.0 Å². The summed E-state index contributed by atoms with van der Waals surface area (Å²) < 4.78 is 22.3. The highest BCUT2D eigenvalue weighted by Gasteiger charge is 2.17. The SMILES string of the molecule is COc1ccc(OC)c(-c2nc(COc3ccc(C=NNC(N)=O)cc3)c(C)o2)c1. The van der Waals surface area contributed by atoms with Gasteiger partial charge in [-0.2, -0.15) is 5.10 Å². The van der Waals surface area contributed by atoms with Crippen molar-refractivity contribution in [3.8, 4) is 28.7 Å². The zero-order chi connectivity index (χ0) is 21.5. The third-order valence-corrected chi connectivity index (χ3v) is 4.17. The maximum atomic E-state index is 10.6. The zero-order valence-electron chi connectivity index (χ0n) is 16.8. The summed E-state index contributed by atoms with van der Waals surface area (Å²) in [6.07, 6.45) is 1.48. The first-order chi connectivity index (χ1) is 14.5. The standard InChI is InChI=1S/C21H22N4O5/c1-13-18(12-29-15-6-4-14(5-7-15)11-23-25-21(22)26)24-20(30-13)17-10-16(27-2)8-9-19(17)28-3/h4-11H,12H2,1-3H3,(H3,22,25,26). The highest BCUT2D eigenvalue weighted by molar-refractivity contribution is 5.81. The Balaban J connectivity index is 1.70. The van der Waals surface area contributed by atoms with Gasteiger partial charge in [-0.15, -0.1) is 0 Å². The van der Waals surface area contributed by atoms with Gasteiger partial charge in [0.05, 0.1) is 26.0 Å². The summed E-state index contributed by atoms with van der Waals surface area (Å²) in [5.41, 5.74) is 9.23. The molecule has 9 heteroatoms. The van der Waals surface area contributed by atoms with E-state index < -0.39 is 6.03 Å². The normalized spacial score (nSPS) is 10.8. The van der Waals surface area contributed by atoms with Crippen LogP contribution in [-0.2, 0) is 6.61 Å². The van der Waals surface area contributed by atoms with Crippen LogP contribution < -0.4 is 25.4 Å². The molecule has 0 saturated carbocycles. The Morgan fingerprint density at radius 1 is 1.17 bits per heavy atom. The number of hydrogen-bond donors (Lipinski definition) is 2. The molecule has 9 nitrogen and oxygen atoms in total. The third kappa shape index (κ3) is 5.07. The van der Waals surface area contributed by atoms with Gasteiger partial charge < -0.3 is 24.4 Å². The second kappa shape index (κ2) is 9.46. The predicted octanol–water partition coefficient (Wildman–Crippen LogP) is 3.25. The van der Waals surface area contributed by atoms with E-state index in [0.717, 1.165) is 5.56 Å². The van der Waals surface area contributed by atoms with Crippen molar-refractivity contribution in [2.24, 2.45) is 10.8 Å². The van der Waals surface area contributed by atoms with E-state index in [2.05, 4.69) is 15.5 Å². The fourth-order valence-corrected chi connectivity index (χ4v) is 2.63. The minimum atomic E-state index is -0.722. The number of rotatable bonds is 8. The summed E-state index contributed by atoms with van der Waals surface area (Å²) in [5.74, 6) is 3.03. The van der Waals surface area contributed by atoms with E-state index in [4.69, 9.17) is 24.4 Å². The molecule has 3 rings (SSSR count). The number of carbonyl (C=O) groups excluding carboxylic acids is 1. The lowest BCUT2D eigenvalue weighted by atomic mass is 10.2. The van der Waals surface area contributed by atoms with E-state index >= 15 is 0 Å². The van der Waals surface area contributed by atoms with E-state index in [9.17, 15) is 4.79 Å². The molecule has 0 atom stereocenters. The molecule has 0 saturated heterocycles. The molecule has 0 aliphatic heterocycles. The molecule has 0 aliphatic carbocycles. The molecule has 1 aromatic heterocycles. The highest BCUT2D eigenvalue weighted by atomic mass is 16.5. The molecule has 2 aromatic carbocycles. The fraction of sp³-hybridized carbons (Fsp3) is 0.190. The van der Waals surface area contributed by atoms with Crippen LogP contribution in [-0.4, -0.2) is 31.4 Å². The molecular weight excluding hydrogens is 388 g/mol. The molecular formula is C21H22N4O5. The van der Waals surface area contributed by atoms with Gasteiger partial charge in [0.1, 0.15) is 35.3 Å². The molecule has 30 heavy (non-hydrogen) atoms. The molecule has 0 fully saturated rings. The van der Waals surface area contributed by atoms with Gasteiger partial charge in [0, 0.05) is 0 Å². The summed E-state index contributed by atoms with van der Waals surface area (Å²) in [6, 6.07) is 11.9. The average molecular weight is 410 g/mol. The van der Waals surface area contributed by atoms with Crippen molar-refractivity contribution < 1.29 is 23.4 Å². The van der Waals surface area contributed by atoms with Gasteiger partial charge in [-0.1, -0.05) is 0 Å². The Labute approximate surface area is 173 Å². The van der Waals surface area contributed by atoms with Crippen molar-refractivity contribution in [2.45, 2.75) is 13.5 Å². The number of aromatic nitrogens is 1. The van der Waals surface area contributed by atoms with Gasteiger partial charge in [-0.25, -0.2) is 15.2 Å². The van der Waals surface area contributed by atoms with Crippen LogP contribution in [0.5, 0.6) is 17.2 Å². The number of oxazole rings is 1. The van der Waals surface area contributed by atoms with Crippen molar-refractivity contribution in [3.63, 3.8) is 0 Å². The van der Waals surface area contributed by atoms with Crippen LogP contribution in [0.25, 0.3) is 11.5 Å². The van der Waals surface area contributed by atoms with Gasteiger partial charge in [-0.3, -0.25) is 0 Å². The van der Waals surface area contributed by atoms with Crippen LogP contribution in [0.3, 0.4) is 0 Å². The van der Waals surface area contributed by atoms with Crippen LogP contribution in [0.2, 0.25) is 0 Å². The van der Waals surface area contributed by atoms with Gasteiger partial charge in [0.2, 0.25) is 5.89 Å². The van der Waals surface area contributed by atoms with Crippen molar-refractivity contribution in [2.75, 3.05) is 14.2 Å². The first-order valence-electron chi connectivity index (χ1n) is 9.00. The van der Waals surface area contributed by atoms with Crippen molar-refractivity contribution in [3.05, 3.63) is 59.5 Å². The topological polar surface area (TPSA) is 121 Å². The van der Waals surface area contributed by atoms with Crippen LogP contribution in [0.4, 0.5) is 4.79 Å². The summed E-state index contributed by atoms with van der Waals surface area (Å²) in [6.45, 7) is 2.06. The Morgan fingerprint density at radius 3 is 2.57 bits per heavy atom. The zero-order valence-corrected chi connectivity index (χ0v) is 16.8. The van der Waals surface area contributed by atoms with Crippen molar-refractivity contribution >= 4 is 12.2 Å². The van der Waals surface area contributed by atoms with E-state index in [1.54, 1.807) is 50.6 Å². The monoisotopic (exact) mass is 410 g/mol. The van der Waals surface area contributed by atoms with E-state index in [-0.39, 0.29) is 6.61 Å². The van der Waals surface area contributed by atoms with Crippen molar-refractivity contribution in [1.82, 2.24) is 10.4 Å². The number of nitrogens with zero attached hydrogens (tertiary/aromatic N) is 2. The molecule has 0 spiro atoms. The summed E-state index contributed by atoms with van der Waals surface area (Å²) >= 11 is 0. The number of primary amides is 1. The van der Waals surface area contributed by atoms with E-state index in [0.29, 0.717) is 40.2 Å². The number of urea groups is 1. The van der Waals surface area contributed by atoms with E-state index in [1.165, 1.54) is 6.21 Å². The number of methoxy groups -OCH3 is 2. The molecule has 156 valence electrons. The molecule has 1 heterocycles. The average Bonchev–Trinajstić information content (AvgIpc) is 3.12. The lowest BCUT2D eigenvalue weighted by molar-refractivity contribution is 0.249. The first kappa shape index (κ1) is 20.7. The summed E-state index contributed by atoms with van der Waals surface area (Å²) in [5, 5.41) is 3.70. The van der Waals surface area contributed by atoms with E-state index in [1.807, 2.05) is 13.0 Å². The van der Waals surface area contributed by atoms with Gasteiger partial charge in [0.15, 0.2) is 0 Å². The molecule has 0 radical (unpaired) electrons.